The van der Waals surface area contributed by atoms with Crippen LogP contribution < -0.4 is 5.32 Å². The maximum absolute atomic E-state index is 12.8. The number of carbonyl (C=O) groups excluding carboxylic acids is 1. The van der Waals surface area contributed by atoms with E-state index < -0.39 is 0 Å². The van der Waals surface area contributed by atoms with Crippen LogP contribution in [-0.2, 0) is 0 Å². The Morgan fingerprint density at radius 2 is 1.92 bits per heavy atom. The van der Waals surface area contributed by atoms with Gasteiger partial charge in [0.25, 0.3) is 0 Å². The molecular formula is C22H29NOS. The molecule has 0 spiro atoms. The van der Waals surface area contributed by atoms with Crippen molar-refractivity contribution in [3.63, 3.8) is 0 Å². The summed E-state index contributed by atoms with van der Waals surface area (Å²) in [5.74, 6) is 1.33. The highest BCUT2D eigenvalue weighted by atomic mass is 32.1. The first kappa shape index (κ1) is 18.3. The standard InChI is InChI=1S/C22H29NOS/c1-15(2)19-13-21(25-14-19)22(24)16(3)23-20-11-7-10-18(12-20)17-8-5-4-6-9-17/h4-6,8-9,13-16,18,20,23H,7,10-12H2,1-3H3/t16?,18-,20+/m1/s1. The number of ketones is 1. The van der Waals surface area contributed by atoms with Gasteiger partial charge in [-0.3, -0.25) is 4.79 Å². The highest BCUT2D eigenvalue weighted by Crippen LogP contribution is 2.33. The van der Waals surface area contributed by atoms with E-state index in [1.807, 2.05) is 6.92 Å². The van der Waals surface area contributed by atoms with Gasteiger partial charge in [0.15, 0.2) is 5.78 Å². The number of hydrogen-bond acceptors (Lipinski definition) is 3. The molecule has 3 rings (SSSR count). The topological polar surface area (TPSA) is 29.1 Å². The van der Waals surface area contributed by atoms with Crippen molar-refractivity contribution in [1.29, 1.82) is 0 Å². The van der Waals surface area contributed by atoms with E-state index in [0.717, 1.165) is 11.3 Å². The minimum absolute atomic E-state index is 0.113. The van der Waals surface area contributed by atoms with Gasteiger partial charge in [0.05, 0.1) is 10.9 Å². The zero-order chi connectivity index (χ0) is 17.8. The van der Waals surface area contributed by atoms with Crippen molar-refractivity contribution >= 4 is 17.1 Å². The van der Waals surface area contributed by atoms with Gasteiger partial charge in [0.2, 0.25) is 0 Å². The average Bonchev–Trinajstić information content (AvgIpc) is 3.12. The summed E-state index contributed by atoms with van der Waals surface area (Å²) in [6.45, 7) is 6.36. The first-order valence-electron chi connectivity index (χ1n) is 9.48. The quantitative estimate of drug-likeness (QED) is 0.668. The number of Topliss-reactive ketones (excluding diaryl/α,β-unsaturated/α-hetero) is 1. The van der Waals surface area contributed by atoms with Gasteiger partial charge in [0.1, 0.15) is 0 Å². The third-order valence-corrected chi connectivity index (χ3v) is 6.32. The fourth-order valence-corrected chi connectivity index (χ4v) is 4.89. The maximum atomic E-state index is 12.8. The lowest BCUT2D eigenvalue weighted by Crippen LogP contribution is -2.43. The Morgan fingerprint density at radius 1 is 1.16 bits per heavy atom. The fraction of sp³-hybridized carbons (Fsp3) is 0.500. The summed E-state index contributed by atoms with van der Waals surface area (Å²) in [6, 6.07) is 13.2. The molecule has 1 aromatic heterocycles. The zero-order valence-corrected chi connectivity index (χ0v) is 16.3. The number of carbonyl (C=O) groups is 1. The van der Waals surface area contributed by atoms with E-state index >= 15 is 0 Å². The summed E-state index contributed by atoms with van der Waals surface area (Å²) in [5.41, 5.74) is 2.70. The zero-order valence-electron chi connectivity index (χ0n) is 15.5. The van der Waals surface area contributed by atoms with Crippen LogP contribution in [0, 0.1) is 0 Å². The Kier molecular flexibility index (Phi) is 6.08. The minimum Gasteiger partial charge on any atom is -0.305 e. The van der Waals surface area contributed by atoms with Gasteiger partial charge in [-0.15, -0.1) is 11.3 Å². The molecule has 0 bridgehead atoms. The summed E-state index contributed by atoms with van der Waals surface area (Å²) in [6.07, 6.45) is 4.79. The smallest absolute Gasteiger partial charge is 0.189 e. The Bertz CT molecular complexity index is 691. The van der Waals surface area contributed by atoms with Gasteiger partial charge < -0.3 is 5.32 Å². The Morgan fingerprint density at radius 3 is 2.60 bits per heavy atom. The van der Waals surface area contributed by atoms with Crippen molar-refractivity contribution in [1.82, 2.24) is 5.32 Å². The maximum Gasteiger partial charge on any atom is 0.189 e. The molecule has 0 radical (unpaired) electrons. The molecule has 1 N–H and O–H groups in total. The Hall–Kier alpha value is -1.45. The van der Waals surface area contributed by atoms with Crippen molar-refractivity contribution in [2.75, 3.05) is 0 Å². The van der Waals surface area contributed by atoms with Crippen molar-refractivity contribution in [3.8, 4) is 0 Å². The largest absolute Gasteiger partial charge is 0.305 e. The van der Waals surface area contributed by atoms with E-state index in [2.05, 4.69) is 60.9 Å². The summed E-state index contributed by atoms with van der Waals surface area (Å²) in [4.78, 5) is 13.6. The molecular weight excluding hydrogens is 326 g/mol. The molecule has 1 saturated carbocycles. The van der Waals surface area contributed by atoms with Crippen LogP contribution in [0.1, 0.15) is 79.1 Å². The number of thiophene rings is 1. The molecule has 2 nitrogen and oxygen atoms in total. The molecule has 1 unspecified atom stereocenters. The number of rotatable bonds is 6. The summed E-state index contributed by atoms with van der Waals surface area (Å²) < 4.78 is 0. The summed E-state index contributed by atoms with van der Waals surface area (Å²) in [5, 5.41) is 5.73. The average molecular weight is 356 g/mol. The van der Waals surface area contributed by atoms with Crippen LogP contribution in [0.3, 0.4) is 0 Å². The number of benzene rings is 1. The third kappa shape index (κ3) is 4.59. The van der Waals surface area contributed by atoms with Crippen LogP contribution in [0.15, 0.2) is 41.8 Å². The van der Waals surface area contributed by atoms with E-state index in [1.165, 1.54) is 30.4 Å². The molecule has 1 aliphatic carbocycles. The van der Waals surface area contributed by atoms with E-state index in [9.17, 15) is 4.79 Å². The van der Waals surface area contributed by atoms with Gasteiger partial charge >= 0.3 is 0 Å². The third-order valence-electron chi connectivity index (χ3n) is 5.35. The van der Waals surface area contributed by atoms with Gasteiger partial charge in [0, 0.05) is 6.04 Å². The molecule has 0 saturated heterocycles. The van der Waals surface area contributed by atoms with Crippen molar-refractivity contribution in [3.05, 3.63) is 57.8 Å². The van der Waals surface area contributed by atoms with Crippen molar-refractivity contribution < 1.29 is 4.79 Å². The second-order valence-electron chi connectivity index (χ2n) is 7.62. The van der Waals surface area contributed by atoms with E-state index in [1.54, 1.807) is 11.3 Å². The molecule has 1 heterocycles. The van der Waals surface area contributed by atoms with E-state index in [0.29, 0.717) is 17.9 Å². The lowest BCUT2D eigenvalue weighted by molar-refractivity contribution is 0.0943. The van der Waals surface area contributed by atoms with Gasteiger partial charge in [-0.2, -0.15) is 0 Å². The van der Waals surface area contributed by atoms with Crippen LogP contribution in [0.2, 0.25) is 0 Å². The van der Waals surface area contributed by atoms with Crippen molar-refractivity contribution in [2.24, 2.45) is 0 Å². The molecule has 3 atom stereocenters. The molecule has 0 aliphatic heterocycles. The van der Waals surface area contributed by atoms with Crippen LogP contribution in [0.4, 0.5) is 0 Å². The van der Waals surface area contributed by atoms with Crippen molar-refractivity contribution in [2.45, 2.75) is 70.4 Å². The van der Waals surface area contributed by atoms with Crippen LogP contribution >= 0.6 is 11.3 Å². The second-order valence-corrected chi connectivity index (χ2v) is 8.53. The molecule has 1 aliphatic rings. The second kappa shape index (κ2) is 8.29. The number of nitrogens with one attached hydrogen (secondary N) is 1. The van der Waals surface area contributed by atoms with E-state index in [4.69, 9.17) is 0 Å². The first-order chi connectivity index (χ1) is 12.0. The van der Waals surface area contributed by atoms with Crippen LogP contribution in [0.5, 0.6) is 0 Å². The predicted molar refractivity (Wildman–Crippen MR) is 107 cm³/mol. The highest BCUT2D eigenvalue weighted by molar-refractivity contribution is 7.12. The lowest BCUT2D eigenvalue weighted by Gasteiger charge is -2.31. The number of hydrogen-bond donors (Lipinski definition) is 1. The molecule has 134 valence electrons. The predicted octanol–water partition coefficient (Wildman–Crippen LogP) is 5.76. The van der Waals surface area contributed by atoms with Crippen LogP contribution in [0.25, 0.3) is 0 Å². The first-order valence-corrected chi connectivity index (χ1v) is 10.4. The molecule has 0 amide bonds. The molecule has 25 heavy (non-hydrogen) atoms. The van der Waals surface area contributed by atoms with Gasteiger partial charge in [-0.1, -0.05) is 50.6 Å². The lowest BCUT2D eigenvalue weighted by atomic mass is 9.81. The highest BCUT2D eigenvalue weighted by Gasteiger charge is 2.26. The SMILES string of the molecule is CC(N[C@H]1CCC[C@@H](c2ccccc2)C1)C(=O)c1cc(C(C)C)cs1. The minimum atomic E-state index is -0.113. The van der Waals surface area contributed by atoms with Crippen LogP contribution in [-0.4, -0.2) is 17.9 Å². The normalized spacial score (nSPS) is 22.1. The van der Waals surface area contributed by atoms with Gasteiger partial charge in [-0.05, 0) is 60.6 Å². The fourth-order valence-electron chi connectivity index (χ4n) is 3.79. The van der Waals surface area contributed by atoms with Gasteiger partial charge in [-0.25, -0.2) is 0 Å². The Balaban J connectivity index is 1.59. The molecule has 1 aromatic carbocycles. The molecule has 2 aromatic rings. The summed E-state index contributed by atoms with van der Waals surface area (Å²) in [7, 11) is 0. The van der Waals surface area contributed by atoms with E-state index in [-0.39, 0.29) is 11.8 Å². The monoisotopic (exact) mass is 355 g/mol. The summed E-state index contributed by atoms with van der Waals surface area (Å²) >= 11 is 1.58. The molecule has 1 fully saturated rings. The molecule has 3 heteroatoms. The Labute approximate surface area is 155 Å².